The van der Waals surface area contributed by atoms with Crippen molar-refractivity contribution in [3.63, 3.8) is 0 Å². The maximum Gasteiger partial charge on any atom is 0.258 e. The zero-order valence-electron chi connectivity index (χ0n) is 15.7. The molecule has 4 rings (SSSR count). The summed E-state index contributed by atoms with van der Waals surface area (Å²) >= 11 is 6.58. The lowest BCUT2D eigenvalue weighted by Crippen LogP contribution is -2.26. The summed E-state index contributed by atoms with van der Waals surface area (Å²) in [5.74, 6) is 0.551. The second-order valence-corrected chi connectivity index (χ2v) is 7.35. The number of nitrogens with zero attached hydrogens (tertiary/aromatic N) is 2. The van der Waals surface area contributed by atoms with Gasteiger partial charge in [0.15, 0.2) is 0 Å². The molecule has 0 saturated heterocycles. The molecule has 1 aliphatic rings. The summed E-state index contributed by atoms with van der Waals surface area (Å²) in [6.07, 6.45) is 3.01. The maximum absolute atomic E-state index is 13.1. The SMILES string of the molecule is COc1ccc(C)cc1N(C)C(=O)c1ccc2c(Cl)c3c(nc2c1)CCC3. The van der Waals surface area contributed by atoms with E-state index >= 15 is 0 Å². The molecule has 0 unspecified atom stereocenters. The molecule has 0 fully saturated rings. The van der Waals surface area contributed by atoms with E-state index in [1.165, 1.54) is 0 Å². The van der Waals surface area contributed by atoms with E-state index in [0.717, 1.165) is 57.7 Å². The molecule has 3 aromatic rings. The number of carbonyl (C=O) groups excluding carboxylic acids is 1. The minimum absolute atomic E-state index is 0.112. The number of methoxy groups -OCH3 is 1. The van der Waals surface area contributed by atoms with E-state index in [1.54, 1.807) is 19.1 Å². The first-order chi connectivity index (χ1) is 13.0. The van der Waals surface area contributed by atoms with E-state index in [2.05, 4.69) is 0 Å². The normalized spacial score (nSPS) is 12.9. The number of ether oxygens (including phenoxy) is 1. The summed E-state index contributed by atoms with van der Waals surface area (Å²) < 4.78 is 5.42. The molecule has 27 heavy (non-hydrogen) atoms. The second-order valence-electron chi connectivity index (χ2n) is 6.98. The van der Waals surface area contributed by atoms with Crippen molar-refractivity contribution in [1.29, 1.82) is 0 Å². The largest absolute Gasteiger partial charge is 0.495 e. The summed E-state index contributed by atoms with van der Waals surface area (Å²) in [7, 11) is 3.36. The number of rotatable bonds is 3. The number of carbonyl (C=O) groups is 1. The quantitative estimate of drug-likeness (QED) is 0.644. The lowest BCUT2D eigenvalue weighted by Gasteiger charge is -2.21. The lowest BCUT2D eigenvalue weighted by molar-refractivity contribution is 0.0992. The Morgan fingerprint density at radius 1 is 1.19 bits per heavy atom. The van der Waals surface area contributed by atoms with Gasteiger partial charge in [-0.15, -0.1) is 0 Å². The van der Waals surface area contributed by atoms with E-state index < -0.39 is 0 Å². The molecule has 0 N–H and O–H groups in total. The highest BCUT2D eigenvalue weighted by atomic mass is 35.5. The molecule has 0 bridgehead atoms. The molecule has 1 aromatic heterocycles. The molecule has 0 spiro atoms. The van der Waals surface area contributed by atoms with Crippen molar-refractivity contribution in [3.8, 4) is 5.75 Å². The highest BCUT2D eigenvalue weighted by Crippen LogP contribution is 2.34. The van der Waals surface area contributed by atoms with Crippen LogP contribution < -0.4 is 9.64 Å². The van der Waals surface area contributed by atoms with Crippen molar-refractivity contribution >= 4 is 34.1 Å². The van der Waals surface area contributed by atoms with Crippen LogP contribution in [0.3, 0.4) is 0 Å². The number of aryl methyl sites for hydroxylation is 2. The molecular weight excluding hydrogens is 360 g/mol. The number of amides is 1. The van der Waals surface area contributed by atoms with Crippen LogP contribution >= 0.6 is 11.6 Å². The molecular formula is C22H21ClN2O2. The van der Waals surface area contributed by atoms with Gasteiger partial charge in [-0.1, -0.05) is 23.7 Å². The molecule has 138 valence electrons. The fraction of sp³-hybridized carbons (Fsp3) is 0.273. The fourth-order valence-corrected chi connectivity index (χ4v) is 4.07. The number of anilines is 1. The van der Waals surface area contributed by atoms with Crippen LogP contribution in [0.15, 0.2) is 36.4 Å². The third-order valence-electron chi connectivity index (χ3n) is 5.19. The number of hydrogen-bond acceptors (Lipinski definition) is 3. The number of benzene rings is 2. The van der Waals surface area contributed by atoms with Gasteiger partial charge >= 0.3 is 0 Å². The molecule has 1 amide bonds. The van der Waals surface area contributed by atoms with Crippen molar-refractivity contribution < 1.29 is 9.53 Å². The van der Waals surface area contributed by atoms with Crippen LogP contribution in [0.4, 0.5) is 5.69 Å². The third-order valence-corrected chi connectivity index (χ3v) is 5.62. The molecule has 0 atom stereocenters. The highest BCUT2D eigenvalue weighted by Gasteiger charge is 2.21. The summed E-state index contributed by atoms with van der Waals surface area (Å²) in [5, 5.41) is 1.69. The standard InChI is InChI=1S/C22H21ClN2O2/c1-13-7-10-20(27-3)19(11-13)25(2)22(26)14-8-9-16-18(12-14)24-17-6-4-5-15(17)21(16)23/h7-12H,4-6H2,1-3H3. The van der Waals surface area contributed by atoms with Crippen LogP contribution in [-0.2, 0) is 12.8 Å². The van der Waals surface area contributed by atoms with Crippen molar-refractivity contribution in [3.05, 3.63) is 63.8 Å². The average molecular weight is 381 g/mol. The Bertz CT molecular complexity index is 1060. The summed E-state index contributed by atoms with van der Waals surface area (Å²) in [5.41, 5.74) is 5.37. The van der Waals surface area contributed by atoms with Crippen LogP contribution in [0.25, 0.3) is 10.9 Å². The zero-order chi connectivity index (χ0) is 19.1. The molecule has 2 aromatic carbocycles. The van der Waals surface area contributed by atoms with Gasteiger partial charge in [-0.25, -0.2) is 0 Å². The second kappa shape index (κ2) is 6.86. The van der Waals surface area contributed by atoms with Gasteiger partial charge in [0.25, 0.3) is 5.91 Å². The number of hydrogen-bond donors (Lipinski definition) is 0. The maximum atomic E-state index is 13.1. The summed E-state index contributed by atoms with van der Waals surface area (Å²) in [4.78, 5) is 19.5. The Labute approximate surface area is 163 Å². The molecule has 0 aliphatic heterocycles. The van der Waals surface area contributed by atoms with E-state index in [9.17, 15) is 4.79 Å². The molecule has 0 radical (unpaired) electrons. The van der Waals surface area contributed by atoms with Gasteiger partial charge in [-0.05, 0) is 61.6 Å². The number of fused-ring (bicyclic) bond motifs is 2. The van der Waals surface area contributed by atoms with Crippen LogP contribution in [0.1, 0.15) is 33.6 Å². The van der Waals surface area contributed by atoms with E-state index in [4.69, 9.17) is 21.3 Å². The first kappa shape index (κ1) is 17.8. The Balaban J connectivity index is 1.75. The van der Waals surface area contributed by atoms with E-state index in [-0.39, 0.29) is 5.91 Å². The first-order valence-corrected chi connectivity index (χ1v) is 9.41. The third kappa shape index (κ3) is 3.04. The molecule has 0 saturated carbocycles. The Morgan fingerprint density at radius 3 is 2.78 bits per heavy atom. The van der Waals surface area contributed by atoms with Crippen molar-refractivity contribution in [2.75, 3.05) is 19.1 Å². The predicted octanol–water partition coefficient (Wildman–Crippen LogP) is 4.97. The minimum atomic E-state index is -0.112. The van der Waals surface area contributed by atoms with Gasteiger partial charge in [0.2, 0.25) is 0 Å². The number of pyridine rings is 1. The number of aromatic nitrogens is 1. The molecule has 1 heterocycles. The molecule has 4 nitrogen and oxygen atoms in total. The van der Waals surface area contributed by atoms with Gasteiger partial charge in [-0.2, -0.15) is 0 Å². The minimum Gasteiger partial charge on any atom is -0.495 e. The van der Waals surface area contributed by atoms with E-state index in [1.807, 2.05) is 43.3 Å². The molecule has 1 aliphatic carbocycles. The monoisotopic (exact) mass is 380 g/mol. The van der Waals surface area contributed by atoms with Crippen LogP contribution in [-0.4, -0.2) is 25.0 Å². The average Bonchev–Trinajstić information content (AvgIpc) is 3.15. The topological polar surface area (TPSA) is 42.4 Å². The van der Waals surface area contributed by atoms with Gasteiger partial charge < -0.3 is 9.64 Å². The van der Waals surface area contributed by atoms with Crippen LogP contribution in [0.5, 0.6) is 5.75 Å². The summed E-state index contributed by atoms with van der Waals surface area (Å²) in [6.45, 7) is 1.99. The van der Waals surface area contributed by atoms with Gasteiger partial charge in [-0.3, -0.25) is 9.78 Å². The van der Waals surface area contributed by atoms with Crippen molar-refractivity contribution in [2.24, 2.45) is 0 Å². The Morgan fingerprint density at radius 2 is 2.00 bits per heavy atom. The zero-order valence-corrected chi connectivity index (χ0v) is 16.4. The van der Waals surface area contributed by atoms with Crippen LogP contribution in [0, 0.1) is 6.92 Å². The van der Waals surface area contributed by atoms with Crippen molar-refractivity contribution in [2.45, 2.75) is 26.2 Å². The molecule has 5 heteroatoms. The van der Waals surface area contributed by atoms with E-state index in [0.29, 0.717) is 11.3 Å². The first-order valence-electron chi connectivity index (χ1n) is 9.03. The van der Waals surface area contributed by atoms with Gasteiger partial charge in [0.05, 0.1) is 23.3 Å². The number of halogens is 1. The highest BCUT2D eigenvalue weighted by molar-refractivity contribution is 6.36. The lowest BCUT2D eigenvalue weighted by atomic mass is 10.1. The Kier molecular flexibility index (Phi) is 4.52. The smallest absolute Gasteiger partial charge is 0.258 e. The van der Waals surface area contributed by atoms with Gasteiger partial charge in [0.1, 0.15) is 5.75 Å². The Hall–Kier alpha value is -2.59. The predicted molar refractivity (Wildman–Crippen MR) is 109 cm³/mol. The van der Waals surface area contributed by atoms with Gasteiger partial charge in [0, 0.05) is 23.7 Å². The summed E-state index contributed by atoms with van der Waals surface area (Å²) in [6, 6.07) is 11.3. The van der Waals surface area contributed by atoms with Crippen molar-refractivity contribution in [1.82, 2.24) is 4.98 Å². The van der Waals surface area contributed by atoms with Crippen LogP contribution in [0.2, 0.25) is 5.02 Å². The fourth-order valence-electron chi connectivity index (χ4n) is 3.70.